The van der Waals surface area contributed by atoms with Crippen molar-refractivity contribution in [2.75, 3.05) is 6.61 Å². The summed E-state index contributed by atoms with van der Waals surface area (Å²) in [5.74, 6) is 0.338. The molecule has 0 saturated carbocycles. The van der Waals surface area contributed by atoms with Gasteiger partial charge >= 0.3 is 0 Å². The molecule has 1 aromatic rings. The van der Waals surface area contributed by atoms with Gasteiger partial charge in [0.05, 0.1) is 11.1 Å². The fraction of sp³-hybridized carbons (Fsp3) is 0.571. The van der Waals surface area contributed by atoms with Crippen LogP contribution in [-0.2, 0) is 0 Å². The summed E-state index contributed by atoms with van der Waals surface area (Å²) in [7, 11) is 0. The molecule has 0 unspecified atom stereocenters. The molecule has 0 heterocycles. The molecule has 0 atom stereocenters. The van der Waals surface area contributed by atoms with Crippen LogP contribution in [0, 0.1) is 5.82 Å². The second kappa shape index (κ2) is 8.51. The van der Waals surface area contributed by atoms with E-state index in [1.54, 1.807) is 12.1 Å². The average Bonchev–Trinajstić information content (AvgIpc) is 2.32. The lowest BCUT2D eigenvalue weighted by atomic mass is 10.1. The minimum atomic E-state index is -0.273. The normalized spacial score (nSPS) is 10.5. The third-order valence-corrected chi connectivity index (χ3v) is 3.30. The lowest BCUT2D eigenvalue weighted by molar-refractivity contribution is 0.303. The van der Waals surface area contributed by atoms with E-state index in [4.69, 9.17) is 4.74 Å². The van der Waals surface area contributed by atoms with Gasteiger partial charge in [-0.1, -0.05) is 39.0 Å². The van der Waals surface area contributed by atoms with E-state index in [1.165, 1.54) is 38.2 Å². The zero-order chi connectivity index (χ0) is 12.5. The molecule has 1 rings (SSSR count). The molecule has 0 aliphatic rings. The number of hydrogen-bond donors (Lipinski definition) is 0. The molecule has 0 N–H and O–H groups in total. The molecular weight excluding hydrogens is 283 g/mol. The zero-order valence-corrected chi connectivity index (χ0v) is 11.9. The lowest BCUT2D eigenvalue weighted by Gasteiger charge is -2.06. The Labute approximate surface area is 111 Å². The molecule has 3 heteroatoms. The van der Waals surface area contributed by atoms with Gasteiger partial charge in [0.15, 0.2) is 0 Å². The zero-order valence-electron chi connectivity index (χ0n) is 10.3. The van der Waals surface area contributed by atoms with Gasteiger partial charge < -0.3 is 4.74 Å². The predicted molar refractivity (Wildman–Crippen MR) is 73.0 cm³/mol. The summed E-state index contributed by atoms with van der Waals surface area (Å²) in [5, 5.41) is 0. The quantitative estimate of drug-likeness (QED) is 0.590. The Morgan fingerprint density at radius 2 is 1.82 bits per heavy atom. The molecule has 0 aliphatic heterocycles. The molecule has 0 radical (unpaired) electrons. The summed E-state index contributed by atoms with van der Waals surface area (Å²) >= 11 is 3.12. The van der Waals surface area contributed by atoms with Crippen molar-refractivity contribution in [3.63, 3.8) is 0 Å². The van der Waals surface area contributed by atoms with Crippen molar-refractivity contribution < 1.29 is 9.13 Å². The van der Waals surface area contributed by atoms with Crippen molar-refractivity contribution >= 4 is 15.9 Å². The van der Waals surface area contributed by atoms with Gasteiger partial charge in [0, 0.05) is 6.07 Å². The molecule has 0 fully saturated rings. The molecule has 1 aromatic carbocycles. The van der Waals surface area contributed by atoms with Crippen LogP contribution in [0.5, 0.6) is 5.75 Å². The third kappa shape index (κ3) is 6.06. The van der Waals surface area contributed by atoms with E-state index >= 15 is 0 Å². The first-order valence-electron chi connectivity index (χ1n) is 6.32. The molecule has 0 spiro atoms. The van der Waals surface area contributed by atoms with Crippen LogP contribution in [0.3, 0.4) is 0 Å². The number of unbranched alkanes of at least 4 members (excludes halogenated alkanes) is 5. The lowest BCUT2D eigenvalue weighted by Crippen LogP contribution is -1.97. The van der Waals surface area contributed by atoms with Crippen molar-refractivity contribution in [3.8, 4) is 5.75 Å². The van der Waals surface area contributed by atoms with Crippen LogP contribution in [0.2, 0.25) is 0 Å². The summed E-state index contributed by atoms with van der Waals surface area (Å²) in [5.41, 5.74) is 0. The van der Waals surface area contributed by atoms with Gasteiger partial charge in [-0.05, 0) is 34.5 Å². The van der Waals surface area contributed by atoms with Crippen molar-refractivity contribution in [1.29, 1.82) is 0 Å². The standard InChI is InChI=1S/C14H20BrFO/c1-2-3-4-5-6-7-10-17-12-8-9-13(15)14(16)11-12/h8-9,11H,2-7,10H2,1H3. The van der Waals surface area contributed by atoms with Crippen LogP contribution in [0.25, 0.3) is 0 Å². The van der Waals surface area contributed by atoms with Crippen molar-refractivity contribution in [2.24, 2.45) is 0 Å². The first-order valence-corrected chi connectivity index (χ1v) is 7.11. The smallest absolute Gasteiger partial charge is 0.141 e. The highest BCUT2D eigenvalue weighted by Crippen LogP contribution is 2.21. The summed E-state index contributed by atoms with van der Waals surface area (Å²) in [6, 6.07) is 4.87. The fourth-order valence-corrected chi connectivity index (χ4v) is 1.89. The van der Waals surface area contributed by atoms with Gasteiger partial charge in [-0.25, -0.2) is 4.39 Å². The van der Waals surface area contributed by atoms with Gasteiger partial charge in [-0.15, -0.1) is 0 Å². The van der Waals surface area contributed by atoms with E-state index in [1.807, 2.05) is 0 Å². The predicted octanol–water partition coefficient (Wildman–Crippen LogP) is 5.33. The number of ether oxygens (including phenoxy) is 1. The van der Waals surface area contributed by atoms with E-state index in [2.05, 4.69) is 22.9 Å². The minimum Gasteiger partial charge on any atom is -0.493 e. The van der Waals surface area contributed by atoms with Crippen LogP contribution >= 0.6 is 15.9 Å². The van der Waals surface area contributed by atoms with Crippen LogP contribution in [0.4, 0.5) is 4.39 Å². The maximum atomic E-state index is 13.2. The van der Waals surface area contributed by atoms with Crippen molar-refractivity contribution in [1.82, 2.24) is 0 Å². The number of rotatable bonds is 8. The molecular formula is C14H20BrFO. The Bertz CT molecular complexity index is 328. The molecule has 96 valence electrons. The largest absolute Gasteiger partial charge is 0.493 e. The molecule has 0 amide bonds. The van der Waals surface area contributed by atoms with Crippen LogP contribution in [0.15, 0.2) is 22.7 Å². The molecule has 0 aromatic heterocycles. The van der Waals surface area contributed by atoms with E-state index in [9.17, 15) is 4.39 Å². The minimum absolute atomic E-state index is 0.273. The van der Waals surface area contributed by atoms with E-state index in [0.29, 0.717) is 16.8 Å². The van der Waals surface area contributed by atoms with Gasteiger partial charge in [-0.2, -0.15) is 0 Å². The number of benzene rings is 1. The van der Waals surface area contributed by atoms with E-state index in [0.717, 1.165) is 6.42 Å². The van der Waals surface area contributed by atoms with Crippen LogP contribution in [0.1, 0.15) is 45.4 Å². The summed E-state index contributed by atoms with van der Waals surface area (Å²) < 4.78 is 19.1. The van der Waals surface area contributed by atoms with E-state index in [-0.39, 0.29) is 5.82 Å². The van der Waals surface area contributed by atoms with Crippen molar-refractivity contribution in [3.05, 3.63) is 28.5 Å². The average molecular weight is 303 g/mol. The highest BCUT2D eigenvalue weighted by atomic mass is 79.9. The molecule has 0 saturated heterocycles. The first-order chi connectivity index (χ1) is 8.24. The third-order valence-electron chi connectivity index (χ3n) is 2.66. The SMILES string of the molecule is CCCCCCCCOc1ccc(Br)c(F)c1. The maximum absolute atomic E-state index is 13.2. The number of halogens is 2. The highest BCUT2D eigenvalue weighted by Gasteiger charge is 2.01. The Morgan fingerprint density at radius 1 is 1.12 bits per heavy atom. The van der Waals surface area contributed by atoms with E-state index < -0.39 is 0 Å². The second-order valence-corrected chi connectivity index (χ2v) is 5.05. The van der Waals surface area contributed by atoms with Gasteiger partial charge in [-0.3, -0.25) is 0 Å². The van der Waals surface area contributed by atoms with Crippen molar-refractivity contribution in [2.45, 2.75) is 45.4 Å². The first kappa shape index (κ1) is 14.5. The molecule has 1 nitrogen and oxygen atoms in total. The van der Waals surface area contributed by atoms with Gasteiger partial charge in [0.2, 0.25) is 0 Å². The highest BCUT2D eigenvalue weighted by molar-refractivity contribution is 9.10. The Kier molecular flexibility index (Phi) is 7.25. The Morgan fingerprint density at radius 3 is 2.53 bits per heavy atom. The van der Waals surface area contributed by atoms with Crippen LogP contribution < -0.4 is 4.74 Å². The summed E-state index contributed by atoms with van der Waals surface area (Å²) in [4.78, 5) is 0. The summed E-state index contributed by atoms with van der Waals surface area (Å²) in [6.07, 6.45) is 7.41. The Balaban J connectivity index is 2.11. The topological polar surface area (TPSA) is 9.23 Å². The van der Waals surface area contributed by atoms with Gasteiger partial charge in [0.25, 0.3) is 0 Å². The molecule has 0 aliphatic carbocycles. The second-order valence-electron chi connectivity index (χ2n) is 4.19. The van der Waals surface area contributed by atoms with Gasteiger partial charge in [0.1, 0.15) is 11.6 Å². The molecule has 17 heavy (non-hydrogen) atoms. The number of hydrogen-bond acceptors (Lipinski definition) is 1. The summed E-state index contributed by atoms with van der Waals surface area (Å²) in [6.45, 7) is 2.89. The fourth-order valence-electron chi connectivity index (χ4n) is 1.64. The van der Waals surface area contributed by atoms with Crippen LogP contribution in [-0.4, -0.2) is 6.61 Å². The monoisotopic (exact) mass is 302 g/mol. The Hall–Kier alpha value is -0.570. The maximum Gasteiger partial charge on any atom is 0.141 e. The molecule has 0 bridgehead atoms.